The molecule has 0 amide bonds. The maximum Gasteiger partial charge on any atom is 0.306 e. The molecule has 0 rings (SSSR count). The Kier molecular flexibility index (Phi) is 47.9. The molecule has 0 N–H and O–H groups in total. The van der Waals surface area contributed by atoms with Crippen molar-refractivity contribution in [2.24, 2.45) is 0 Å². The van der Waals surface area contributed by atoms with Gasteiger partial charge in [0.1, 0.15) is 13.2 Å². The molecule has 0 aliphatic heterocycles. The number of carbonyl (C=O) groups is 3. The average molecular weight is 855 g/mol. The van der Waals surface area contributed by atoms with E-state index in [2.05, 4.69) is 69.4 Å². The van der Waals surface area contributed by atoms with Gasteiger partial charge in [0, 0.05) is 19.3 Å². The topological polar surface area (TPSA) is 78.9 Å². The maximum absolute atomic E-state index is 12.8. The quantitative estimate of drug-likeness (QED) is 0.0263. The minimum absolute atomic E-state index is 0.0810. The van der Waals surface area contributed by atoms with Crippen LogP contribution in [0, 0.1) is 0 Å². The Labute approximate surface area is 378 Å². The summed E-state index contributed by atoms with van der Waals surface area (Å²) in [6.45, 7) is 6.55. The second-order valence-corrected chi connectivity index (χ2v) is 17.4. The molecule has 0 saturated heterocycles. The van der Waals surface area contributed by atoms with Crippen molar-refractivity contribution in [1.29, 1.82) is 0 Å². The van der Waals surface area contributed by atoms with Gasteiger partial charge in [0.15, 0.2) is 6.10 Å². The van der Waals surface area contributed by atoms with Crippen LogP contribution < -0.4 is 0 Å². The fourth-order valence-corrected chi connectivity index (χ4v) is 7.27. The minimum atomic E-state index is -0.780. The van der Waals surface area contributed by atoms with Crippen LogP contribution in [0.4, 0.5) is 0 Å². The summed E-state index contributed by atoms with van der Waals surface area (Å²) in [7, 11) is 0. The number of unbranched alkanes of at least 4 members (excludes halogenated alkanes) is 28. The first kappa shape index (κ1) is 58.4. The molecule has 0 saturated carbocycles. The van der Waals surface area contributed by atoms with Gasteiger partial charge in [-0.25, -0.2) is 0 Å². The molecule has 0 aromatic heterocycles. The summed E-state index contributed by atoms with van der Waals surface area (Å²) in [5, 5.41) is 0. The van der Waals surface area contributed by atoms with E-state index in [0.717, 1.165) is 77.0 Å². The Bertz CT molecular complexity index is 1070. The highest BCUT2D eigenvalue weighted by molar-refractivity contribution is 5.71. The van der Waals surface area contributed by atoms with Crippen molar-refractivity contribution in [1.82, 2.24) is 0 Å². The van der Waals surface area contributed by atoms with Crippen molar-refractivity contribution < 1.29 is 28.6 Å². The van der Waals surface area contributed by atoms with Crippen molar-refractivity contribution in [3.8, 4) is 0 Å². The normalized spacial score (nSPS) is 12.4. The van der Waals surface area contributed by atoms with Crippen molar-refractivity contribution >= 4 is 17.9 Å². The first-order valence-corrected chi connectivity index (χ1v) is 26.1. The molecule has 0 spiro atoms. The zero-order valence-electron chi connectivity index (χ0n) is 40.4. The summed E-state index contributed by atoms with van der Waals surface area (Å²) in [6, 6.07) is 0. The Balaban J connectivity index is 4.35. The molecule has 0 fully saturated rings. The van der Waals surface area contributed by atoms with Crippen LogP contribution in [-0.2, 0) is 28.6 Å². The van der Waals surface area contributed by atoms with Gasteiger partial charge in [0.2, 0.25) is 0 Å². The van der Waals surface area contributed by atoms with E-state index >= 15 is 0 Å². The molecule has 354 valence electrons. The summed E-state index contributed by atoms with van der Waals surface area (Å²) < 4.78 is 16.8. The Morgan fingerprint density at radius 2 is 0.607 bits per heavy atom. The van der Waals surface area contributed by atoms with E-state index in [9.17, 15) is 14.4 Å². The summed E-state index contributed by atoms with van der Waals surface area (Å²) in [6.07, 6.45) is 59.5. The van der Waals surface area contributed by atoms with Gasteiger partial charge in [-0.1, -0.05) is 198 Å². The van der Waals surface area contributed by atoms with Crippen LogP contribution in [0.15, 0.2) is 48.6 Å². The molecule has 0 aromatic carbocycles. The molecular weight excluding hydrogens is 757 g/mol. The summed E-state index contributed by atoms with van der Waals surface area (Å²) in [5.74, 6) is -0.897. The summed E-state index contributed by atoms with van der Waals surface area (Å²) in [4.78, 5) is 37.9. The van der Waals surface area contributed by atoms with E-state index < -0.39 is 6.10 Å². The number of esters is 3. The van der Waals surface area contributed by atoms with Gasteiger partial charge < -0.3 is 14.2 Å². The smallest absolute Gasteiger partial charge is 0.306 e. The van der Waals surface area contributed by atoms with Gasteiger partial charge in [-0.3, -0.25) is 14.4 Å². The highest BCUT2D eigenvalue weighted by atomic mass is 16.6. The van der Waals surface area contributed by atoms with Crippen molar-refractivity contribution in [2.45, 2.75) is 271 Å². The van der Waals surface area contributed by atoms with Crippen LogP contribution in [0.2, 0.25) is 0 Å². The Morgan fingerprint density at radius 3 is 1.00 bits per heavy atom. The molecule has 6 heteroatoms. The monoisotopic (exact) mass is 855 g/mol. The molecule has 0 bridgehead atoms. The molecule has 0 heterocycles. The predicted molar refractivity (Wildman–Crippen MR) is 261 cm³/mol. The fourth-order valence-electron chi connectivity index (χ4n) is 7.27. The number of ether oxygens (including phenoxy) is 3. The number of allylic oxidation sites excluding steroid dienone is 8. The maximum atomic E-state index is 12.8. The molecule has 0 aromatic rings. The lowest BCUT2D eigenvalue weighted by Gasteiger charge is -2.18. The van der Waals surface area contributed by atoms with E-state index in [4.69, 9.17) is 14.2 Å². The lowest BCUT2D eigenvalue weighted by Crippen LogP contribution is -2.30. The van der Waals surface area contributed by atoms with E-state index in [1.54, 1.807) is 0 Å². The second-order valence-electron chi connectivity index (χ2n) is 17.4. The van der Waals surface area contributed by atoms with Gasteiger partial charge in [-0.05, 0) is 96.3 Å². The highest BCUT2D eigenvalue weighted by Gasteiger charge is 2.19. The zero-order valence-corrected chi connectivity index (χ0v) is 40.4. The summed E-state index contributed by atoms with van der Waals surface area (Å²) in [5.41, 5.74) is 0. The molecule has 0 aliphatic rings. The third-order valence-electron chi connectivity index (χ3n) is 11.3. The number of hydrogen-bond acceptors (Lipinski definition) is 6. The number of hydrogen-bond donors (Lipinski definition) is 0. The van der Waals surface area contributed by atoms with Gasteiger partial charge in [0.05, 0.1) is 0 Å². The summed E-state index contributed by atoms with van der Waals surface area (Å²) >= 11 is 0. The molecule has 0 aliphatic carbocycles. The van der Waals surface area contributed by atoms with Crippen LogP contribution in [0.25, 0.3) is 0 Å². The van der Waals surface area contributed by atoms with Crippen LogP contribution in [0.1, 0.15) is 265 Å². The van der Waals surface area contributed by atoms with Gasteiger partial charge >= 0.3 is 17.9 Å². The molecule has 0 radical (unpaired) electrons. The van der Waals surface area contributed by atoms with E-state index in [1.165, 1.54) is 148 Å². The standard InChI is InChI=1S/C55H98O6/c1-4-7-10-13-16-19-22-24-25-26-27-28-29-31-34-37-40-43-46-49-55(58)61-52(50-59-53(56)47-44-41-38-35-32-21-18-15-12-9-6-3)51-60-54(57)48-45-42-39-36-33-30-23-20-17-14-11-8-5-2/h15-16,18-20,23-25,52H,4-14,17,21-22,26-51H2,1-3H3/b18-15-,19-16-,23-20-,25-24-/t52-/m0/s1. The minimum Gasteiger partial charge on any atom is -0.462 e. The molecule has 1 atom stereocenters. The molecule has 0 unspecified atom stereocenters. The molecular formula is C55H98O6. The van der Waals surface area contributed by atoms with E-state index in [0.29, 0.717) is 19.3 Å². The molecule has 61 heavy (non-hydrogen) atoms. The van der Waals surface area contributed by atoms with Crippen LogP contribution in [0.3, 0.4) is 0 Å². The number of carbonyl (C=O) groups excluding carboxylic acids is 3. The lowest BCUT2D eigenvalue weighted by atomic mass is 10.1. The predicted octanol–water partition coefficient (Wildman–Crippen LogP) is 17.1. The first-order valence-electron chi connectivity index (χ1n) is 26.1. The van der Waals surface area contributed by atoms with E-state index in [-0.39, 0.29) is 31.1 Å². The molecule has 6 nitrogen and oxygen atoms in total. The van der Waals surface area contributed by atoms with Gasteiger partial charge in [0.25, 0.3) is 0 Å². The third-order valence-corrected chi connectivity index (χ3v) is 11.3. The van der Waals surface area contributed by atoms with Crippen LogP contribution in [-0.4, -0.2) is 37.2 Å². The van der Waals surface area contributed by atoms with Crippen molar-refractivity contribution in [3.63, 3.8) is 0 Å². The third kappa shape index (κ3) is 48.3. The van der Waals surface area contributed by atoms with Crippen LogP contribution in [0.5, 0.6) is 0 Å². The van der Waals surface area contributed by atoms with Gasteiger partial charge in [-0.2, -0.15) is 0 Å². The fraction of sp³-hybridized carbons (Fsp3) is 0.800. The Hall–Kier alpha value is -2.63. The van der Waals surface area contributed by atoms with Crippen molar-refractivity contribution in [3.05, 3.63) is 48.6 Å². The van der Waals surface area contributed by atoms with Crippen LogP contribution >= 0.6 is 0 Å². The largest absolute Gasteiger partial charge is 0.462 e. The van der Waals surface area contributed by atoms with E-state index in [1.807, 2.05) is 0 Å². The second kappa shape index (κ2) is 50.0. The lowest BCUT2D eigenvalue weighted by molar-refractivity contribution is -0.167. The Morgan fingerprint density at radius 1 is 0.328 bits per heavy atom. The SMILES string of the molecule is CCCC/C=C\CCCCCCCC(=O)OC[C@@H](COC(=O)CCCCCCC/C=C\CCCCCC)OC(=O)CCCCCCCCCCC/C=C\C/C=C\CCCCC. The number of rotatable bonds is 47. The van der Waals surface area contributed by atoms with Gasteiger partial charge in [-0.15, -0.1) is 0 Å². The highest BCUT2D eigenvalue weighted by Crippen LogP contribution is 2.15. The average Bonchev–Trinajstić information content (AvgIpc) is 3.26. The first-order chi connectivity index (χ1) is 30.0. The van der Waals surface area contributed by atoms with Crippen molar-refractivity contribution in [2.75, 3.05) is 13.2 Å². The zero-order chi connectivity index (χ0) is 44.4.